The van der Waals surface area contributed by atoms with Crippen LogP contribution < -0.4 is 5.73 Å². The van der Waals surface area contributed by atoms with Crippen molar-refractivity contribution in [3.63, 3.8) is 0 Å². The third kappa shape index (κ3) is 2.90. The zero-order chi connectivity index (χ0) is 12.4. The quantitative estimate of drug-likeness (QED) is 0.899. The van der Waals surface area contributed by atoms with Crippen molar-refractivity contribution in [2.24, 2.45) is 11.7 Å². The summed E-state index contributed by atoms with van der Waals surface area (Å²) in [6.07, 6.45) is 4.25. The van der Waals surface area contributed by atoms with Gasteiger partial charge in [-0.25, -0.2) is 0 Å². The first-order valence-corrected chi connectivity index (χ1v) is 7.08. The molecule has 17 heavy (non-hydrogen) atoms. The van der Waals surface area contributed by atoms with Crippen LogP contribution in [-0.2, 0) is 0 Å². The molecule has 3 N–H and O–H groups in total. The molecule has 0 aliphatic heterocycles. The van der Waals surface area contributed by atoms with Crippen LogP contribution in [-0.4, -0.2) is 11.2 Å². The van der Waals surface area contributed by atoms with Crippen LogP contribution in [0.5, 0.6) is 0 Å². The minimum Gasteiger partial charge on any atom is -0.391 e. The molecule has 94 valence electrons. The number of rotatable bonds is 3. The van der Waals surface area contributed by atoms with Gasteiger partial charge >= 0.3 is 0 Å². The monoisotopic (exact) mass is 297 g/mol. The van der Waals surface area contributed by atoms with Crippen LogP contribution in [0.3, 0.4) is 0 Å². The molecule has 0 aromatic heterocycles. The Hall–Kier alpha value is -0.380. The van der Waals surface area contributed by atoms with Crippen molar-refractivity contribution in [1.82, 2.24) is 0 Å². The highest BCUT2D eigenvalue weighted by atomic mass is 79.9. The standard InChI is InChI=1S/C14H20BrNO/c1-9-6-7-11(12(15)8-9)13(16)14(17)10-4-2-3-5-10/h6-8,10,13-14,17H,2-5,16H2,1H3/t13-,14+/m1/s1. The Morgan fingerprint density at radius 3 is 2.59 bits per heavy atom. The van der Waals surface area contributed by atoms with E-state index >= 15 is 0 Å². The number of aryl methyl sites for hydroxylation is 1. The number of aliphatic hydroxyl groups excluding tert-OH is 1. The predicted octanol–water partition coefficient (Wildman–Crippen LogP) is 3.31. The van der Waals surface area contributed by atoms with Gasteiger partial charge in [-0.2, -0.15) is 0 Å². The molecule has 2 nitrogen and oxygen atoms in total. The van der Waals surface area contributed by atoms with Gasteiger partial charge in [-0.1, -0.05) is 40.9 Å². The highest BCUT2D eigenvalue weighted by Gasteiger charge is 2.29. The van der Waals surface area contributed by atoms with E-state index in [2.05, 4.69) is 22.0 Å². The molecule has 0 saturated heterocycles. The van der Waals surface area contributed by atoms with E-state index in [1.54, 1.807) is 0 Å². The first-order valence-electron chi connectivity index (χ1n) is 6.29. The Balaban J connectivity index is 2.15. The number of halogens is 1. The molecule has 0 bridgehead atoms. The van der Waals surface area contributed by atoms with Crippen molar-refractivity contribution in [2.45, 2.75) is 44.8 Å². The summed E-state index contributed by atoms with van der Waals surface area (Å²) in [6.45, 7) is 2.05. The largest absolute Gasteiger partial charge is 0.391 e. The van der Waals surface area contributed by atoms with Gasteiger partial charge in [0.15, 0.2) is 0 Å². The van der Waals surface area contributed by atoms with E-state index in [1.807, 2.05) is 19.1 Å². The third-order valence-electron chi connectivity index (χ3n) is 3.77. The summed E-state index contributed by atoms with van der Waals surface area (Å²) in [5.74, 6) is 0.373. The van der Waals surface area contributed by atoms with Gasteiger partial charge in [0.25, 0.3) is 0 Å². The van der Waals surface area contributed by atoms with Crippen LogP contribution in [0.4, 0.5) is 0 Å². The zero-order valence-corrected chi connectivity index (χ0v) is 11.8. The zero-order valence-electron chi connectivity index (χ0n) is 10.2. The molecule has 0 heterocycles. The molecular formula is C14H20BrNO. The van der Waals surface area contributed by atoms with Gasteiger partial charge in [-0.05, 0) is 42.9 Å². The lowest BCUT2D eigenvalue weighted by molar-refractivity contribution is 0.0843. The topological polar surface area (TPSA) is 46.2 Å². The molecule has 1 aromatic rings. The lowest BCUT2D eigenvalue weighted by Crippen LogP contribution is -2.32. The first-order chi connectivity index (χ1) is 8.09. The minimum absolute atomic E-state index is 0.284. The molecular weight excluding hydrogens is 278 g/mol. The van der Waals surface area contributed by atoms with Crippen molar-refractivity contribution < 1.29 is 5.11 Å². The van der Waals surface area contributed by atoms with E-state index in [-0.39, 0.29) is 6.04 Å². The van der Waals surface area contributed by atoms with Crippen molar-refractivity contribution in [3.8, 4) is 0 Å². The van der Waals surface area contributed by atoms with Crippen LogP contribution in [0, 0.1) is 12.8 Å². The highest BCUT2D eigenvalue weighted by Crippen LogP contribution is 2.34. The fraction of sp³-hybridized carbons (Fsp3) is 0.571. The second-order valence-corrected chi connectivity index (χ2v) is 5.94. The molecule has 1 saturated carbocycles. The summed E-state index contributed by atoms with van der Waals surface area (Å²) in [5.41, 5.74) is 8.40. The summed E-state index contributed by atoms with van der Waals surface area (Å²) in [4.78, 5) is 0. The number of aliphatic hydroxyl groups is 1. The van der Waals surface area contributed by atoms with Gasteiger partial charge in [-0.3, -0.25) is 0 Å². The second-order valence-electron chi connectivity index (χ2n) is 5.09. The molecule has 1 aliphatic rings. The Labute approximate surface area is 111 Å². The summed E-state index contributed by atoms with van der Waals surface area (Å²) in [5, 5.41) is 10.3. The number of hydrogen-bond acceptors (Lipinski definition) is 2. The van der Waals surface area contributed by atoms with E-state index in [0.29, 0.717) is 5.92 Å². The van der Waals surface area contributed by atoms with Crippen LogP contribution in [0.25, 0.3) is 0 Å². The fourth-order valence-electron chi connectivity index (χ4n) is 2.68. The first kappa shape index (κ1) is 13.1. The van der Waals surface area contributed by atoms with E-state index in [1.165, 1.54) is 18.4 Å². The van der Waals surface area contributed by atoms with Crippen LogP contribution in [0.15, 0.2) is 22.7 Å². The summed E-state index contributed by atoms with van der Waals surface area (Å²) >= 11 is 3.53. The normalized spacial score (nSPS) is 20.5. The fourth-order valence-corrected chi connectivity index (χ4v) is 3.44. The van der Waals surface area contributed by atoms with E-state index in [4.69, 9.17) is 5.73 Å². The van der Waals surface area contributed by atoms with Crippen molar-refractivity contribution in [3.05, 3.63) is 33.8 Å². The van der Waals surface area contributed by atoms with E-state index < -0.39 is 6.10 Å². The SMILES string of the molecule is Cc1ccc([C@@H](N)[C@@H](O)C2CCCC2)c(Br)c1. The van der Waals surface area contributed by atoms with Crippen LogP contribution in [0.2, 0.25) is 0 Å². The van der Waals surface area contributed by atoms with Crippen molar-refractivity contribution >= 4 is 15.9 Å². The van der Waals surface area contributed by atoms with Crippen LogP contribution in [0.1, 0.15) is 42.9 Å². The van der Waals surface area contributed by atoms with Crippen molar-refractivity contribution in [1.29, 1.82) is 0 Å². The van der Waals surface area contributed by atoms with Gasteiger partial charge in [0.05, 0.1) is 12.1 Å². The summed E-state index contributed by atoms with van der Waals surface area (Å²) in [7, 11) is 0. The van der Waals surface area contributed by atoms with Crippen LogP contribution >= 0.6 is 15.9 Å². The molecule has 0 spiro atoms. The average Bonchev–Trinajstić information content (AvgIpc) is 2.80. The summed E-state index contributed by atoms with van der Waals surface area (Å²) in [6, 6.07) is 5.83. The van der Waals surface area contributed by atoms with Gasteiger partial charge in [0.2, 0.25) is 0 Å². The highest BCUT2D eigenvalue weighted by molar-refractivity contribution is 9.10. The van der Waals surface area contributed by atoms with Gasteiger partial charge in [-0.15, -0.1) is 0 Å². The smallest absolute Gasteiger partial charge is 0.0761 e. The Kier molecular flexibility index (Phi) is 4.23. The van der Waals surface area contributed by atoms with Gasteiger partial charge < -0.3 is 10.8 Å². The molecule has 2 rings (SSSR count). The maximum Gasteiger partial charge on any atom is 0.0761 e. The Bertz CT molecular complexity index is 388. The Morgan fingerprint density at radius 2 is 2.00 bits per heavy atom. The maximum atomic E-state index is 10.3. The average molecular weight is 298 g/mol. The van der Waals surface area contributed by atoms with E-state index in [0.717, 1.165) is 22.9 Å². The molecule has 0 amide bonds. The molecule has 1 aromatic carbocycles. The molecule has 1 aliphatic carbocycles. The molecule has 0 radical (unpaired) electrons. The minimum atomic E-state index is -0.420. The lowest BCUT2D eigenvalue weighted by Gasteiger charge is -2.25. The molecule has 2 atom stereocenters. The Morgan fingerprint density at radius 1 is 1.35 bits per heavy atom. The summed E-state index contributed by atoms with van der Waals surface area (Å²) < 4.78 is 1.00. The second kappa shape index (κ2) is 5.51. The van der Waals surface area contributed by atoms with E-state index in [9.17, 15) is 5.11 Å². The molecule has 3 heteroatoms. The van der Waals surface area contributed by atoms with Crippen molar-refractivity contribution in [2.75, 3.05) is 0 Å². The third-order valence-corrected chi connectivity index (χ3v) is 4.45. The maximum absolute atomic E-state index is 10.3. The number of hydrogen-bond donors (Lipinski definition) is 2. The number of nitrogens with two attached hydrogens (primary N) is 1. The lowest BCUT2D eigenvalue weighted by atomic mass is 9.90. The number of benzene rings is 1. The predicted molar refractivity (Wildman–Crippen MR) is 73.8 cm³/mol. The molecule has 1 fully saturated rings. The van der Waals surface area contributed by atoms with Gasteiger partial charge in [0.1, 0.15) is 0 Å². The molecule has 0 unspecified atom stereocenters. The van der Waals surface area contributed by atoms with Gasteiger partial charge in [0, 0.05) is 4.47 Å².